The van der Waals surface area contributed by atoms with E-state index in [0.29, 0.717) is 19.4 Å². The normalized spacial score (nSPS) is 12.1. The number of hydrogen-bond donors (Lipinski definition) is 2. The molecule has 0 radical (unpaired) electrons. The van der Waals surface area contributed by atoms with Gasteiger partial charge in [0, 0.05) is 25.3 Å². The monoisotopic (exact) mass is 635 g/mol. The lowest BCUT2D eigenvalue weighted by molar-refractivity contribution is -0.129. The van der Waals surface area contributed by atoms with Gasteiger partial charge >= 0.3 is 0 Å². The van der Waals surface area contributed by atoms with E-state index in [2.05, 4.69) is 19.2 Å². The van der Waals surface area contributed by atoms with E-state index in [-0.39, 0.29) is 17.6 Å². The van der Waals surface area contributed by atoms with Crippen LogP contribution in [0.3, 0.4) is 0 Å². The molecular weight excluding hydrogens is 552 g/mol. The standard InChI is InChI=1S/C41H82N2O2/c1-3-5-7-9-11-13-15-16-17-18-19-20-21-22-23-24-26-28-30-35-40(44)38-39(34-31-32-36-42)41(45)43-37-33-29-27-25-14-12-10-8-6-4-2/h39H,3-38,42H2,1-2H3,(H,43,45)/t39-/m1/s1. The van der Waals surface area contributed by atoms with Gasteiger partial charge in [-0.2, -0.15) is 0 Å². The van der Waals surface area contributed by atoms with Crippen molar-refractivity contribution in [3.8, 4) is 0 Å². The number of nitrogens with two attached hydrogens (primary N) is 1. The van der Waals surface area contributed by atoms with E-state index in [0.717, 1.165) is 45.1 Å². The minimum atomic E-state index is -0.174. The first-order chi connectivity index (χ1) is 22.2. The molecule has 268 valence electrons. The summed E-state index contributed by atoms with van der Waals surface area (Å²) in [5.41, 5.74) is 5.69. The summed E-state index contributed by atoms with van der Waals surface area (Å²) in [6.07, 6.45) is 42.6. The molecule has 0 aromatic heterocycles. The van der Waals surface area contributed by atoms with Crippen LogP contribution in [0.4, 0.5) is 0 Å². The molecule has 1 amide bonds. The molecule has 4 nitrogen and oxygen atoms in total. The molecule has 0 aromatic rings. The Hall–Kier alpha value is -0.900. The maximum Gasteiger partial charge on any atom is 0.223 e. The highest BCUT2D eigenvalue weighted by Gasteiger charge is 2.21. The molecule has 0 aromatic carbocycles. The molecule has 0 saturated heterocycles. The largest absolute Gasteiger partial charge is 0.356 e. The van der Waals surface area contributed by atoms with Crippen LogP contribution in [0.2, 0.25) is 0 Å². The third kappa shape index (κ3) is 34.3. The van der Waals surface area contributed by atoms with E-state index in [9.17, 15) is 9.59 Å². The average molecular weight is 635 g/mol. The molecular formula is C41H82N2O2. The molecule has 3 N–H and O–H groups in total. The van der Waals surface area contributed by atoms with Gasteiger partial charge in [-0.15, -0.1) is 0 Å². The number of carbonyl (C=O) groups is 2. The average Bonchev–Trinajstić information content (AvgIpc) is 3.04. The Balaban J connectivity index is 3.74. The van der Waals surface area contributed by atoms with Crippen LogP contribution in [0.15, 0.2) is 0 Å². The van der Waals surface area contributed by atoms with E-state index in [1.807, 2.05) is 0 Å². The van der Waals surface area contributed by atoms with Gasteiger partial charge in [-0.3, -0.25) is 9.59 Å². The number of ketones is 1. The fourth-order valence-electron chi connectivity index (χ4n) is 6.61. The Morgan fingerprint density at radius 2 is 0.822 bits per heavy atom. The van der Waals surface area contributed by atoms with Gasteiger partial charge in [-0.05, 0) is 32.2 Å². The summed E-state index contributed by atoms with van der Waals surface area (Å²) in [7, 11) is 0. The number of unbranched alkanes of at least 4 members (excludes halogenated alkanes) is 28. The minimum absolute atomic E-state index is 0.0875. The van der Waals surface area contributed by atoms with Crippen molar-refractivity contribution >= 4 is 11.7 Å². The summed E-state index contributed by atoms with van der Waals surface area (Å²) in [6, 6.07) is 0. The molecule has 0 rings (SSSR count). The zero-order chi connectivity index (χ0) is 32.9. The van der Waals surface area contributed by atoms with Crippen LogP contribution in [0, 0.1) is 5.92 Å². The first-order valence-corrected chi connectivity index (χ1v) is 20.6. The first-order valence-electron chi connectivity index (χ1n) is 20.6. The molecule has 45 heavy (non-hydrogen) atoms. The smallest absolute Gasteiger partial charge is 0.223 e. The Bertz CT molecular complexity index is 608. The third-order valence-corrected chi connectivity index (χ3v) is 9.74. The molecule has 0 aliphatic rings. The Morgan fingerprint density at radius 1 is 0.467 bits per heavy atom. The molecule has 0 spiro atoms. The second-order valence-corrected chi connectivity index (χ2v) is 14.3. The number of amides is 1. The minimum Gasteiger partial charge on any atom is -0.356 e. The number of hydrogen-bond acceptors (Lipinski definition) is 3. The number of rotatable bonds is 38. The van der Waals surface area contributed by atoms with Crippen molar-refractivity contribution in [1.29, 1.82) is 0 Å². The van der Waals surface area contributed by atoms with Gasteiger partial charge in [0.15, 0.2) is 0 Å². The number of nitrogens with one attached hydrogen (secondary N) is 1. The maximum absolute atomic E-state index is 12.9. The highest BCUT2D eigenvalue weighted by Crippen LogP contribution is 2.18. The maximum atomic E-state index is 12.9. The third-order valence-electron chi connectivity index (χ3n) is 9.74. The summed E-state index contributed by atoms with van der Waals surface area (Å²) < 4.78 is 0. The van der Waals surface area contributed by atoms with Crippen LogP contribution in [0.1, 0.15) is 232 Å². The predicted molar refractivity (Wildman–Crippen MR) is 199 cm³/mol. The van der Waals surface area contributed by atoms with Crippen molar-refractivity contribution in [2.45, 2.75) is 232 Å². The lowest BCUT2D eigenvalue weighted by Gasteiger charge is -2.16. The van der Waals surface area contributed by atoms with Crippen LogP contribution in [0.5, 0.6) is 0 Å². The second kappa shape index (κ2) is 37.6. The van der Waals surface area contributed by atoms with Gasteiger partial charge in [0.05, 0.1) is 0 Å². The fraction of sp³-hybridized carbons (Fsp3) is 0.951. The quantitative estimate of drug-likeness (QED) is 0.0664. The molecule has 1 atom stereocenters. The Kier molecular flexibility index (Phi) is 36.8. The topological polar surface area (TPSA) is 72.2 Å². The molecule has 0 bridgehead atoms. The van der Waals surface area contributed by atoms with Gasteiger partial charge in [0.1, 0.15) is 5.78 Å². The van der Waals surface area contributed by atoms with Crippen molar-refractivity contribution in [2.75, 3.05) is 13.1 Å². The lowest BCUT2D eigenvalue weighted by Crippen LogP contribution is -2.33. The van der Waals surface area contributed by atoms with Gasteiger partial charge < -0.3 is 11.1 Å². The molecule has 0 heterocycles. The highest BCUT2D eigenvalue weighted by atomic mass is 16.2. The zero-order valence-electron chi connectivity index (χ0n) is 30.9. The van der Waals surface area contributed by atoms with Crippen LogP contribution in [-0.2, 0) is 9.59 Å². The SMILES string of the molecule is CCCCCCCCCCCCCCCCCCCCCC(=O)C[C@@H](CCCCN)C(=O)NCCCCCCCCCCCC. The molecule has 0 fully saturated rings. The van der Waals surface area contributed by atoms with Crippen LogP contribution < -0.4 is 11.1 Å². The van der Waals surface area contributed by atoms with E-state index in [1.165, 1.54) is 167 Å². The predicted octanol–water partition coefficient (Wildman–Crippen LogP) is 12.5. The lowest BCUT2D eigenvalue weighted by atomic mass is 9.93. The number of carbonyl (C=O) groups excluding carboxylic acids is 2. The zero-order valence-corrected chi connectivity index (χ0v) is 30.9. The number of Topliss-reactive ketones (excluding diaryl/α,β-unsaturated/α-hetero) is 1. The van der Waals surface area contributed by atoms with E-state index >= 15 is 0 Å². The van der Waals surface area contributed by atoms with Gasteiger partial charge in [0.2, 0.25) is 5.91 Å². The van der Waals surface area contributed by atoms with Crippen molar-refractivity contribution in [3.63, 3.8) is 0 Å². The van der Waals surface area contributed by atoms with Crippen molar-refractivity contribution in [2.24, 2.45) is 11.7 Å². The Labute approximate surface area is 283 Å². The molecule has 0 aliphatic heterocycles. The molecule has 0 unspecified atom stereocenters. The van der Waals surface area contributed by atoms with E-state index in [1.54, 1.807) is 0 Å². The van der Waals surface area contributed by atoms with Crippen molar-refractivity contribution in [3.05, 3.63) is 0 Å². The van der Waals surface area contributed by atoms with Gasteiger partial charge in [0.25, 0.3) is 0 Å². The summed E-state index contributed by atoms with van der Waals surface area (Å²) in [4.78, 5) is 25.6. The Morgan fingerprint density at radius 3 is 1.20 bits per heavy atom. The summed E-state index contributed by atoms with van der Waals surface area (Å²) in [6.45, 7) is 5.96. The first kappa shape index (κ1) is 44.1. The van der Waals surface area contributed by atoms with Gasteiger partial charge in [-0.1, -0.05) is 194 Å². The molecule has 0 saturated carbocycles. The molecule has 4 heteroatoms. The second-order valence-electron chi connectivity index (χ2n) is 14.3. The van der Waals surface area contributed by atoms with Crippen LogP contribution in [-0.4, -0.2) is 24.8 Å². The van der Waals surface area contributed by atoms with Gasteiger partial charge in [-0.25, -0.2) is 0 Å². The summed E-state index contributed by atoms with van der Waals surface area (Å²) in [5.74, 6) is 0.186. The molecule has 0 aliphatic carbocycles. The van der Waals surface area contributed by atoms with Crippen LogP contribution >= 0.6 is 0 Å². The summed E-state index contributed by atoms with van der Waals surface area (Å²) in [5, 5.41) is 3.15. The fourth-order valence-corrected chi connectivity index (χ4v) is 6.61. The van der Waals surface area contributed by atoms with E-state index < -0.39 is 0 Å². The summed E-state index contributed by atoms with van der Waals surface area (Å²) >= 11 is 0. The van der Waals surface area contributed by atoms with Crippen molar-refractivity contribution < 1.29 is 9.59 Å². The van der Waals surface area contributed by atoms with E-state index in [4.69, 9.17) is 5.73 Å². The van der Waals surface area contributed by atoms with Crippen LogP contribution in [0.25, 0.3) is 0 Å². The highest BCUT2D eigenvalue weighted by molar-refractivity contribution is 5.86. The van der Waals surface area contributed by atoms with Crippen molar-refractivity contribution in [1.82, 2.24) is 5.32 Å².